The van der Waals surface area contributed by atoms with Crippen LogP contribution in [0.4, 0.5) is 5.69 Å². The zero-order valence-corrected chi connectivity index (χ0v) is 20.8. The van der Waals surface area contributed by atoms with Gasteiger partial charge in [0, 0.05) is 29.1 Å². The van der Waals surface area contributed by atoms with E-state index < -0.39 is 4.92 Å². The minimum absolute atomic E-state index is 0.00315. The number of carbonyl (C=O) groups excluding carboxylic acids is 1. The standard InChI is InChI=1S/C28H23N5O3S/c1-19-6-4-7-20(16-19)18-37-28-31-30-26(32(28)22-12-14-23(15-13-22)33(35)36)17-29-27(34)25-11-5-9-21-8-2-3-10-24(21)25/h2-16H,17-18H2,1H3,(H,29,34). The molecule has 37 heavy (non-hydrogen) atoms. The van der Waals surface area contributed by atoms with Crippen molar-refractivity contribution in [1.29, 1.82) is 0 Å². The van der Waals surface area contributed by atoms with Crippen molar-refractivity contribution in [3.8, 4) is 5.69 Å². The first kappa shape index (κ1) is 24.2. The number of aromatic nitrogens is 3. The van der Waals surface area contributed by atoms with Gasteiger partial charge in [0.1, 0.15) is 0 Å². The van der Waals surface area contributed by atoms with Gasteiger partial charge in [0.2, 0.25) is 0 Å². The Kier molecular flexibility index (Phi) is 6.96. The van der Waals surface area contributed by atoms with E-state index in [2.05, 4.69) is 27.6 Å². The minimum atomic E-state index is -0.436. The predicted molar refractivity (Wildman–Crippen MR) is 144 cm³/mol. The highest BCUT2D eigenvalue weighted by molar-refractivity contribution is 7.98. The second-order valence-corrected chi connectivity index (χ2v) is 9.44. The van der Waals surface area contributed by atoms with Crippen molar-refractivity contribution < 1.29 is 9.72 Å². The van der Waals surface area contributed by atoms with Gasteiger partial charge in [0.25, 0.3) is 11.6 Å². The molecule has 5 aromatic rings. The van der Waals surface area contributed by atoms with E-state index in [9.17, 15) is 14.9 Å². The van der Waals surface area contributed by atoms with Gasteiger partial charge in [0.05, 0.1) is 11.5 Å². The summed E-state index contributed by atoms with van der Waals surface area (Å²) in [5, 5.41) is 25.3. The average Bonchev–Trinajstić information content (AvgIpc) is 3.33. The number of benzene rings is 4. The number of rotatable bonds is 8. The van der Waals surface area contributed by atoms with E-state index in [0.717, 1.165) is 16.3 Å². The molecule has 0 unspecified atom stereocenters. The van der Waals surface area contributed by atoms with Crippen LogP contribution in [-0.4, -0.2) is 25.6 Å². The molecule has 0 saturated heterocycles. The van der Waals surface area contributed by atoms with Gasteiger partial charge in [-0.1, -0.05) is 78.0 Å². The number of hydrogen-bond acceptors (Lipinski definition) is 6. The lowest BCUT2D eigenvalue weighted by molar-refractivity contribution is -0.384. The van der Waals surface area contributed by atoms with Crippen LogP contribution >= 0.6 is 11.8 Å². The fourth-order valence-corrected chi connectivity index (χ4v) is 5.03. The Labute approximate surface area is 217 Å². The number of nitrogens with one attached hydrogen (secondary N) is 1. The Morgan fingerprint density at radius 2 is 1.73 bits per heavy atom. The molecule has 0 radical (unpaired) electrons. The lowest BCUT2D eigenvalue weighted by Gasteiger charge is -2.12. The highest BCUT2D eigenvalue weighted by Gasteiger charge is 2.18. The molecule has 0 atom stereocenters. The van der Waals surface area contributed by atoms with Crippen molar-refractivity contribution in [2.45, 2.75) is 24.4 Å². The maximum absolute atomic E-state index is 13.1. The largest absolute Gasteiger partial charge is 0.345 e. The van der Waals surface area contributed by atoms with Gasteiger partial charge in [-0.15, -0.1) is 10.2 Å². The summed E-state index contributed by atoms with van der Waals surface area (Å²) in [5.41, 5.74) is 3.57. The predicted octanol–water partition coefficient (Wildman–Crippen LogP) is 5.86. The Balaban J connectivity index is 1.42. The third-order valence-corrected chi connectivity index (χ3v) is 6.91. The summed E-state index contributed by atoms with van der Waals surface area (Å²) in [4.78, 5) is 23.8. The van der Waals surface area contributed by atoms with E-state index in [1.54, 1.807) is 18.2 Å². The van der Waals surface area contributed by atoms with Crippen LogP contribution in [0.2, 0.25) is 0 Å². The Hall–Kier alpha value is -4.50. The third kappa shape index (κ3) is 5.36. The van der Waals surface area contributed by atoms with Gasteiger partial charge in [-0.2, -0.15) is 0 Å². The zero-order valence-electron chi connectivity index (χ0n) is 20.0. The van der Waals surface area contributed by atoms with Crippen LogP contribution in [0.1, 0.15) is 27.3 Å². The number of nitro groups is 1. The highest BCUT2D eigenvalue weighted by atomic mass is 32.2. The first-order valence-corrected chi connectivity index (χ1v) is 12.6. The molecule has 0 spiro atoms. The van der Waals surface area contributed by atoms with Crippen molar-refractivity contribution >= 4 is 34.1 Å². The fraction of sp³-hybridized carbons (Fsp3) is 0.107. The first-order valence-electron chi connectivity index (χ1n) is 11.6. The quantitative estimate of drug-likeness (QED) is 0.160. The van der Waals surface area contributed by atoms with E-state index in [0.29, 0.717) is 28.0 Å². The van der Waals surface area contributed by atoms with Gasteiger partial charge >= 0.3 is 0 Å². The van der Waals surface area contributed by atoms with Crippen molar-refractivity contribution in [3.63, 3.8) is 0 Å². The topological polar surface area (TPSA) is 103 Å². The monoisotopic (exact) mass is 509 g/mol. The summed E-state index contributed by atoms with van der Waals surface area (Å²) >= 11 is 1.51. The molecule has 1 heterocycles. The molecule has 4 aromatic carbocycles. The van der Waals surface area contributed by atoms with Gasteiger partial charge < -0.3 is 5.32 Å². The second-order valence-electron chi connectivity index (χ2n) is 8.49. The Morgan fingerprint density at radius 1 is 0.973 bits per heavy atom. The van der Waals surface area contributed by atoms with Crippen LogP contribution in [0.25, 0.3) is 16.5 Å². The Morgan fingerprint density at radius 3 is 2.51 bits per heavy atom. The molecule has 8 nitrogen and oxygen atoms in total. The normalized spacial score (nSPS) is 10.9. The van der Waals surface area contributed by atoms with Crippen molar-refractivity contribution in [3.05, 3.63) is 124 Å². The summed E-state index contributed by atoms with van der Waals surface area (Å²) < 4.78 is 1.83. The van der Waals surface area contributed by atoms with Gasteiger partial charge in [-0.3, -0.25) is 19.5 Å². The minimum Gasteiger partial charge on any atom is -0.345 e. The Bertz CT molecular complexity index is 1590. The van der Waals surface area contributed by atoms with E-state index in [1.807, 2.05) is 60.0 Å². The van der Waals surface area contributed by atoms with Crippen LogP contribution in [0.5, 0.6) is 0 Å². The summed E-state index contributed by atoms with van der Waals surface area (Å²) in [7, 11) is 0. The number of carbonyl (C=O) groups is 1. The molecule has 1 amide bonds. The van der Waals surface area contributed by atoms with Crippen LogP contribution in [0.15, 0.2) is 96.2 Å². The number of amides is 1. The molecule has 0 aliphatic rings. The van der Waals surface area contributed by atoms with Gasteiger partial charge in [0.15, 0.2) is 11.0 Å². The third-order valence-electron chi connectivity index (χ3n) is 5.91. The first-order chi connectivity index (χ1) is 18.0. The van der Waals surface area contributed by atoms with Crippen LogP contribution in [-0.2, 0) is 12.3 Å². The lowest BCUT2D eigenvalue weighted by Crippen LogP contribution is -2.25. The second kappa shape index (κ2) is 10.6. The molecule has 184 valence electrons. The lowest BCUT2D eigenvalue weighted by atomic mass is 10.0. The number of non-ortho nitro benzene ring substituents is 1. The van der Waals surface area contributed by atoms with Crippen LogP contribution < -0.4 is 5.32 Å². The van der Waals surface area contributed by atoms with Crippen LogP contribution in [0, 0.1) is 17.0 Å². The highest BCUT2D eigenvalue weighted by Crippen LogP contribution is 2.27. The zero-order chi connectivity index (χ0) is 25.8. The molecule has 0 aliphatic carbocycles. The van der Waals surface area contributed by atoms with Crippen molar-refractivity contribution in [2.24, 2.45) is 0 Å². The summed E-state index contributed by atoms with van der Waals surface area (Å²) in [5.74, 6) is 0.980. The molecular formula is C28H23N5O3S. The molecular weight excluding hydrogens is 486 g/mol. The van der Waals surface area contributed by atoms with Gasteiger partial charge in [-0.05, 0) is 41.5 Å². The van der Waals surface area contributed by atoms with Crippen molar-refractivity contribution in [2.75, 3.05) is 0 Å². The average molecular weight is 510 g/mol. The molecule has 0 saturated carbocycles. The SMILES string of the molecule is Cc1cccc(CSc2nnc(CNC(=O)c3cccc4ccccc34)n2-c2ccc([N+](=O)[O-])cc2)c1. The molecule has 0 bridgehead atoms. The molecule has 5 rings (SSSR count). The molecule has 0 fully saturated rings. The van der Waals surface area contributed by atoms with Gasteiger partial charge in [-0.25, -0.2) is 0 Å². The number of fused-ring (bicyclic) bond motifs is 1. The number of nitrogens with zero attached hydrogens (tertiary/aromatic N) is 4. The molecule has 1 N–H and O–H groups in total. The van der Waals surface area contributed by atoms with E-state index in [-0.39, 0.29) is 18.1 Å². The summed E-state index contributed by atoms with van der Waals surface area (Å²) in [6.45, 7) is 2.18. The number of nitro benzene ring substituents is 1. The van der Waals surface area contributed by atoms with E-state index >= 15 is 0 Å². The molecule has 1 aromatic heterocycles. The maximum atomic E-state index is 13.1. The molecule has 0 aliphatic heterocycles. The van der Waals surface area contributed by atoms with Crippen LogP contribution in [0.3, 0.4) is 0 Å². The maximum Gasteiger partial charge on any atom is 0.269 e. The van der Waals surface area contributed by atoms with E-state index in [1.165, 1.54) is 29.5 Å². The molecule has 9 heteroatoms. The fourth-order valence-electron chi connectivity index (χ4n) is 4.12. The summed E-state index contributed by atoms with van der Waals surface area (Å²) in [6.07, 6.45) is 0. The number of aryl methyl sites for hydroxylation is 1. The van der Waals surface area contributed by atoms with Crippen molar-refractivity contribution in [1.82, 2.24) is 20.1 Å². The summed E-state index contributed by atoms with van der Waals surface area (Å²) in [6, 6.07) is 27.8. The number of hydrogen-bond donors (Lipinski definition) is 1. The number of thioether (sulfide) groups is 1. The van der Waals surface area contributed by atoms with E-state index in [4.69, 9.17) is 0 Å². The smallest absolute Gasteiger partial charge is 0.269 e.